The number of rotatable bonds is 11. The highest BCUT2D eigenvalue weighted by Crippen LogP contribution is 2.24. The Kier molecular flexibility index (Phi) is 8.90. The number of aryl methyl sites for hydroxylation is 3. The molecular weight excluding hydrogens is 370 g/mol. The topological polar surface area (TPSA) is 78.6 Å². The molecule has 0 radical (unpaired) electrons. The zero-order valence-corrected chi connectivity index (χ0v) is 17.8. The van der Waals surface area contributed by atoms with Gasteiger partial charge in [0.15, 0.2) is 5.92 Å². The Balaban J connectivity index is 1.83. The molecule has 0 N–H and O–H groups in total. The van der Waals surface area contributed by atoms with Crippen molar-refractivity contribution in [2.45, 2.75) is 59.8 Å². The Labute approximate surface area is 172 Å². The Bertz CT molecular complexity index is 794. The highest BCUT2D eigenvalue weighted by Gasteiger charge is 2.27. The van der Waals surface area contributed by atoms with Crippen molar-refractivity contribution in [2.75, 3.05) is 13.2 Å². The molecule has 0 aliphatic rings. The fourth-order valence-corrected chi connectivity index (χ4v) is 3.01. The number of carbonyl (C=O) groups excluding carboxylic acids is 2. The normalized spacial score (nSPS) is 11.9. The van der Waals surface area contributed by atoms with E-state index in [1.165, 1.54) is 5.56 Å². The molecule has 2 aromatic rings. The summed E-state index contributed by atoms with van der Waals surface area (Å²) in [6.07, 6.45) is 3.42. The number of hydrogen-bond donors (Lipinski definition) is 0. The van der Waals surface area contributed by atoms with Crippen LogP contribution in [0.5, 0.6) is 0 Å². The van der Waals surface area contributed by atoms with Crippen molar-refractivity contribution in [3.05, 3.63) is 41.3 Å². The Morgan fingerprint density at radius 1 is 1.03 bits per heavy atom. The molecule has 0 spiro atoms. The van der Waals surface area contributed by atoms with Crippen molar-refractivity contribution < 1.29 is 23.5 Å². The van der Waals surface area contributed by atoms with Crippen molar-refractivity contribution in [3.63, 3.8) is 0 Å². The van der Waals surface area contributed by atoms with E-state index in [-0.39, 0.29) is 13.2 Å². The minimum atomic E-state index is -0.839. The van der Waals surface area contributed by atoms with Gasteiger partial charge < -0.3 is 13.9 Å². The van der Waals surface area contributed by atoms with Gasteiger partial charge in [0.05, 0.1) is 18.9 Å². The lowest BCUT2D eigenvalue weighted by molar-refractivity contribution is -0.162. The Hall–Kier alpha value is -2.63. The lowest BCUT2D eigenvalue weighted by Gasteiger charge is -2.12. The molecule has 1 unspecified atom stereocenters. The third-order valence-corrected chi connectivity index (χ3v) is 4.71. The number of ether oxygens (including phenoxy) is 2. The van der Waals surface area contributed by atoms with Crippen LogP contribution in [-0.2, 0) is 31.9 Å². The van der Waals surface area contributed by atoms with Crippen LogP contribution >= 0.6 is 0 Å². The average Bonchev–Trinajstić information content (AvgIpc) is 3.12. The predicted octanol–water partition coefficient (Wildman–Crippen LogP) is 4.67. The molecular formula is C23H31NO5. The van der Waals surface area contributed by atoms with Gasteiger partial charge in [-0.05, 0) is 51.7 Å². The molecule has 2 rings (SSSR count). The van der Waals surface area contributed by atoms with Crippen LogP contribution in [0.3, 0.4) is 0 Å². The van der Waals surface area contributed by atoms with E-state index in [0.29, 0.717) is 18.7 Å². The Morgan fingerprint density at radius 3 is 2.34 bits per heavy atom. The lowest BCUT2D eigenvalue weighted by atomic mass is 10.1. The van der Waals surface area contributed by atoms with Crippen LogP contribution < -0.4 is 0 Å². The van der Waals surface area contributed by atoms with Crippen LogP contribution in [0.1, 0.15) is 57.1 Å². The zero-order chi connectivity index (χ0) is 21.2. The van der Waals surface area contributed by atoms with Gasteiger partial charge in [-0.2, -0.15) is 0 Å². The van der Waals surface area contributed by atoms with Gasteiger partial charge in [0.1, 0.15) is 5.76 Å². The maximum atomic E-state index is 12.1. The summed E-state index contributed by atoms with van der Waals surface area (Å²) in [5.41, 5.74) is 3.11. The molecule has 0 saturated heterocycles. The quantitative estimate of drug-likeness (QED) is 0.309. The van der Waals surface area contributed by atoms with E-state index in [0.717, 1.165) is 36.3 Å². The molecule has 6 nitrogen and oxygen atoms in total. The summed E-state index contributed by atoms with van der Waals surface area (Å²) in [6, 6.07) is 8.10. The number of hydrogen-bond acceptors (Lipinski definition) is 6. The number of benzene rings is 1. The number of esters is 2. The maximum absolute atomic E-state index is 12.1. The van der Waals surface area contributed by atoms with E-state index in [4.69, 9.17) is 13.9 Å². The van der Waals surface area contributed by atoms with Gasteiger partial charge in [-0.15, -0.1) is 0 Å². The van der Waals surface area contributed by atoms with E-state index in [2.05, 4.69) is 4.98 Å². The summed E-state index contributed by atoms with van der Waals surface area (Å²) >= 11 is 0. The molecule has 29 heavy (non-hydrogen) atoms. The molecule has 0 aliphatic heterocycles. The van der Waals surface area contributed by atoms with Crippen LogP contribution in [0.2, 0.25) is 0 Å². The van der Waals surface area contributed by atoms with Crippen LogP contribution in [0.15, 0.2) is 28.7 Å². The summed E-state index contributed by atoms with van der Waals surface area (Å²) in [6.45, 7) is 8.11. The smallest absolute Gasteiger partial charge is 0.320 e. The third-order valence-electron chi connectivity index (χ3n) is 4.71. The number of aromatic nitrogens is 1. The van der Waals surface area contributed by atoms with Crippen molar-refractivity contribution in [3.8, 4) is 11.5 Å². The van der Waals surface area contributed by atoms with Crippen LogP contribution in [0.25, 0.3) is 11.5 Å². The van der Waals surface area contributed by atoms with E-state index in [9.17, 15) is 9.59 Å². The van der Waals surface area contributed by atoms with Gasteiger partial charge in [0, 0.05) is 12.0 Å². The average molecular weight is 402 g/mol. The summed E-state index contributed by atoms with van der Waals surface area (Å²) in [5.74, 6) is -0.328. The van der Waals surface area contributed by atoms with E-state index >= 15 is 0 Å². The molecule has 0 fully saturated rings. The molecule has 0 amide bonds. The first-order valence-corrected chi connectivity index (χ1v) is 10.4. The molecule has 1 aromatic heterocycles. The lowest BCUT2D eigenvalue weighted by Crippen LogP contribution is -2.27. The van der Waals surface area contributed by atoms with Crippen molar-refractivity contribution in [1.82, 2.24) is 4.98 Å². The second-order valence-electron chi connectivity index (χ2n) is 6.95. The van der Waals surface area contributed by atoms with E-state index in [1.807, 2.05) is 38.1 Å². The van der Waals surface area contributed by atoms with Crippen molar-refractivity contribution in [2.24, 2.45) is 5.92 Å². The summed E-state index contributed by atoms with van der Waals surface area (Å²) in [5, 5.41) is 0. The summed E-state index contributed by atoms with van der Waals surface area (Å²) in [7, 11) is 0. The number of unbranched alkanes of at least 4 members (excludes halogenated alkanes) is 1. The van der Waals surface area contributed by atoms with Crippen molar-refractivity contribution in [1.29, 1.82) is 0 Å². The Morgan fingerprint density at radius 2 is 1.72 bits per heavy atom. The van der Waals surface area contributed by atoms with Gasteiger partial charge >= 0.3 is 11.9 Å². The highest BCUT2D eigenvalue weighted by molar-refractivity contribution is 5.94. The fraction of sp³-hybridized carbons (Fsp3) is 0.522. The van der Waals surface area contributed by atoms with E-state index in [1.54, 1.807) is 13.8 Å². The van der Waals surface area contributed by atoms with Crippen LogP contribution in [0.4, 0.5) is 0 Å². The van der Waals surface area contributed by atoms with Gasteiger partial charge in [-0.25, -0.2) is 4.98 Å². The van der Waals surface area contributed by atoms with Gasteiger partial charge in [-0.3, -0.25) is 9.59 Å². The fourth-order valence-electron chi connectivity index (χ4n) is 3.01. The second-order valence-corrected chi connectivity index (χ2v) is 6.95. The minimum Gasteiger partial charge on any atom is -0.465 e. The van der Waals surface area contributed by atoms with Crippen LogP contribution in [-0.4, -0.2) is 30.1 Å². The highest BCUT2D eigenvalue weighted by atomic mass is 16.6. The third kappa shape index (κ3) is 6.44. The summed E-state index contributed by atoms with van der Waals surface area (Å²) < 4.78 is 16.1. The van der Waals surface area contributed by atoms with Crippen molar-refractivity contribution >= 4 is 11.9 Å². The first kappa shape index (κ1) is 22.7. The molecule has 6 heteroatoms. The molecule has 1 heterocycles. The van der Waals surface area contributed by atoms with Gasteiger partial charge in [-0.1, -0.05) is 31.5 Å². The predicted molar refractivity (Wildman–Crippen MR) is 110 cm³/mol. The molecule has 1 aromatic carbocycles. The number of nitrogens with zero attached hydrogens (tertiary/aromatic N) is 1. The first-order chi connectivity index (χ1) is 14.0. The molecule has 158 valence electrons. The molecule has 0 bridgehead atoms. The molecule has 0 saturated carbocycles. The first-order valence-electron chi connectivity index (χ1n) is 10.4. The monoisotopic (exact) mass is 401 g/mol. The van der Waals surface area contributed by atoms with Gasteiger partial charge in [0.25, 0.3) is 0 Å². The SMILES string of the molecule is CCOC(=O)C(CC)C(=O)OCCCCc1nc(-c2ccc(C)cc2)oc1CC. The number of oxazole rings is 1. The number of carbonyl (C=O) groups is 2. The molecule has 1 atom stereocenters. The standard InChI is InChI=1S/C23H31NO5/c1-5-18(22(25)27-7-3)23(26)28-15-9-8-10-19-20(6-2)29-21(24-19)17-13-11-16(4)12-14-17/h11-14,18H,5-10,15H2,1-4H3. The molecule has 0 aliphatic carbocycles. The second kappa shape index (κ2) is 11.4. The largest absolute Gasteiger partial charge is 0.465 e. The minimum absolute atomic E-state index is 0.255. The maximum Gasteiger partial charge on any atom is 0.320 e. The van der Waals surface area contributed by atoms with Gasteiger partial charge in [0.2, 0.25) is 5.89 Å². The zero-order valence-electron chi connectivity index (χ0n) is 17.8. The summed E-state index contributed by atoms with van der Waals surface area (Å²) in [4.78, 5) is 28.5. The van der Waals surface area contributed by atoms with Crippen LogP contribution in [0, 0.1) is 12.8 Å². The van der Waals surface area contributed by atoms with E-state index < -0.39 is 17.9 Å².